The van der Waals surface area contributed by atoms with Gasteiger partial charge in [0.05, 0.1) is 0 Å². The molecule has 0 heterocycles. The molecule has 0 amide bonds. The average molecular weight is 229 g/mol. The van der Waals surface area contributed by atoms with Crippen LogP contribution in [0.2, 0.25) is 0 Å². The minimum Gasteiger partial charge on any atom is -0.489 e. The van der Waals surface area contributed by atoms with Gasteiger partial charge in [-0.3, -0.25) is 0 Å². The lowest BCUT2D eigenvalue weighted by Crippen LogP contribution is -2.32. The third-order valence-corrected chi connectivity index (χ3v) is 2.12. The molecule has 0 aliphatic rings. The monoisotopic (exact) mass is 229 g/mol. The zero-order valence-electron chi connectivity index (χ0n) is 9.59. The summed E-state index contributed by atoms with van der Waals surface area (Å²) in [6, 6.07) is 3.31. The summed E-state index contributed by atoms with van der Waals surface area (Å²) in [7, 11) is 0. The van der Waals surface area contributed by atoms with Crippen molar-refractivity contribution in [2.24, 2.45) is 0 Å². The maximum Gasteiger partial charge on any atom is 0.165 e. The Balaban J connectivity index is 2.44. The van der Waals surface area contributed by atoms with Crippen molar-refractivity contribution in [1.29, 1.82) is 0 Å². The average Bonchev–Trinajstić information content (AvgIpc) is 2.27. The van der Waals surface area contributed by atoms with Crippen LogP contribution in [-0.2, 0) is 0 Å². The molecule has 0 saturated heterocycles. The highest BCUT2D eigenvalue weighted by Crippen LogP contribution is 2.17. The minimum absolute atomic E-state index is 0.0369. The van der Waals surface area contributed by atoms with E-state index in [-0.39, 0.29) is 11.8 Å². The second-order valence-corrected chi connectivity index (χ2v) is 3.74. The highest BCUT2D eigenvalue weighted by molar-refractivity contribution is 5.24. The van der Waals surface area contributed by atoms with Crippen LogP contribution in [0.4, 0.5) is 8.78 Å². The summed E-state index contributed by atoms with van der Waals surface area (Å²) in [4.78, 5) is 0. The standard InChI is InChI=1S/C12H17F2NO/c1-3-6-15-9(2)8-16-12-7-10(13)4-5-11(12)14/h4-5,7,9,15H,3,6,8H2,1-2H3. The van der Waals surface area contributed by atoms with E-state index in [0.717, 1.165) is 31.2 Å². The quantitative estimate of drug-likeness (QED) is 0.809. The predicted octanol–water partition coefficient (Wildman–Crippen LogP) is 2.73. The van der Waals surface area contributed by atoms with Gasteiger partial charge in [-0.2, -0.15) is 0 Å². The molecule has 0 bridgehead atoms. The van der Waals surface area contributed by atoms with Crippen molar-refractivity contribution in [3.05, 3.63) is 29.8 Å². The summed E-state index contributed by atoms with van der Waals surface area (Å²) < 4.78 is 31.2. The van der Waals surface area contributed by atoms with E-state index in [9.17, 15) is 8.78 Å². The van der Waals surface area contributed by atoms with Crippen molar-refractivity contribution in [3.8, 4) is 5.75 Å². The fraction of sp³-hybridized carbons (Fsp3) is 0.500. The van der Waals surface area contributed by atoms with Crippen LogP contribution >= 0.6 is 0 Å². The topological polar surface area (TPSA) is 21.3 Å². The Labute approximate surface area is 94.6 Å². The lowest BCUT2D eigenvalue weighted by Gasteiger charge is -2.14. The van der Waals surface area contributed by atoms with Gasteiger partial charge in [0.2, 0.25) is 0 Å². The highest BCUT2D eigenvalue weighted by Gasteiger charge is 2.07. The fourth-order valence-electron chi connectivity index (χ4n) is 1.25. The van der Waals surface area contributed by atoms with Crippen LogP contribution in [-0.4, -0.2) is 19.2 Å². The highest BCUT2D eigenvalue weighted by atomic mass is 19.1. The molecule has 1 N–H and O–H groups in total. The van der Waals surface area contributed by atoms with Crippen LogP contribution in [0.25, 0.3) is 0 Å². The van der Waals surface area contributed by atoms with E-state index < -0.39 is 11.6 Å². The maximum absolute atomic E-state index is 13.2. The maximum atomic E-state index is 13.2. The summed E-state index contributed by atoms with van der Waals surface area (Å²) >= 11 is 0. The molecule has 0 fully saturated rings. The minimum atomic E-state index is -0.538. The first kappa shape index (κ1) is 12.9. The van der Waals surface area contributed by atoms with E-state index in [1.807, 2.05) is 6.92 Å². The SMILES string of the molecule is CCCNC(C)COc1cc(F)ccc1F. The van der Waals surface area contributed by atoms with E-state index in [1.165, 1.54) is 0 Å². The van der Waals surface area contributed by atoms with Gasteiger partial charge in [-0.1, -0.05) is 6.92 Å². The number of nitrogens with one attached hydrogen (secondary N) is 1. The molecule has 1 rings (SSSR count). The Kier molecular flexibility index (Phi) is 5.19. The van der Waals surface area contributed by atoms with Crippen LogP contribution in [0.5, 0.6) is 5.75 Å². The fourth-order valence-corrected chi connectivity index (χ4v) is 1.25. The molecule has 16 heavy (non-hydrogen) atoms. The van der Waals surface area contributed by atoms with Gasteiger partial charge >= 0.3 is 0 Å². The molecule has 1 atom stereocenters. The number of rotatable bonds is 6. The lowest BCUT2D eigenvalue weighted by atomic mass is 10.3. The number of ether oxygens (including phenoxy) is 1. The molecule has 2 nitrogen and oxygen atoms in total. The second kappa shape index (κ2) is 6.43. The van der Waals surface area contributed by atoms with Gasteiger partial charge in [-0.25, -0.2) is 8.78 Å². The smallest absolute Gasteiger partial charge is 0.165 e. The zero-order valence-corrected chi connectivity index (χ0v) is 9.59. The molecule has 1 unspecified atom stereocenters. The van der Waals surface area contributed by atoms with Crippen LogP contribution < -0.4 is 10.1 Å². The zero-order chi connectivity index (χ0) is 12.0. The van der Waals surface area contributed by atoms with Gasteiger partial charge in [0, 0.05) is 12.1 Å². The third kappa shape index (κ3) is 4.14. The van der Waals surface area contributed by atoms with Gasteiger partial charge < -0.3 is 10.1 Å². The Morgan fingerprint density at radius 3 is 2.81 bits per heavy atom. The first-order chi connectivity index (χ1) is 7.63. The van der Waals surface area contributed by atoms with Crippen LogP contribution in [0, 0.1) is 11.6 Å². The molecule has 4 heteroatoms. The summed E-state index contributed by atoms with van der Waals surface area (Å²) in [5, 5.41) is 3.20. The van der Waals surface area contributed by atoms with Gasteiger partial charge in [-0.15, -0.1) is 0 Å². The first-order valence-electron chi connectivity index (χ1n) is 5.44. The predicted molar refractivity (Wildman–Crippen MR) is 59.6 cm³/mol. The Morgan fingerprint density at radius 2 is 2.12 bits per heavy atom. The normalized spacial score (nSPS) is 12.5. The molecular formula is C12H17F2NO. The Bertz CT molecular complexity index is 331. The molecule has 0 saturated carbocycles. The van der Waals surface area contributed by atoms with Crippen molar-refractivity contribution >= 4 is 0 Å². The second-order valence-electron chi connectivity index (χ2n) is 3.74. The van der Waals surface area contributed by atoms with E-state index in [1.54, 1.807) is 0 Å². The van der Waals surface area contributed by atoms with Gasteiger partial charge in [0.25, 0.3) is 0 Å². The van der Waals surface area contributed by atoms with E-state index in [4.69, 9.17) is 4.74 Å². The first-order valence-corrected chi connectivity index (χ1v) is 5.44. The summed E-state index contributed by atoms with van der Waals surface area (Å²) in [5.74, 6) is -1.07. The van der Waals surface area contributed by atoms with Crippen LogP contribution in [0.15, 0.2) is 18.2 Å². The third-order valence-electron chi connectivity index (χ3n) is 2.12. The molecule has 0 spiro atoms. The van der Waals surface area contributed by atoms with Crippen molar-refractivity contribution in [2.75, 3.05) is 13.2 Å². The van der Waals surface area contributed by atoms with E-state index >= 15 is 0 Å². The lowest BCUT2D eigenvalue weighted by molar-refractivity contribution is 0.261. The van der Waals surface area contributed by atoms with Crippen LogP contribution in [0.3, 0.4) is 0 Å². The van der Waals surface area contributed by atoms with E-state index in [0.29, 0.717) is 6.61 Å². The van der Waals surface area contributed by atoms with Gasteiger partial charge in [0.15, 0.2) is 11.6 Å². The number of halogens is 2. The molecule has 0 radical (unpaired) electrons. The van der Waals surface area contributed by atoms with Gasteiger partial charge in [0.1, 0.15) is 12.4 Å². The molecule has 0 aliphatic heterocycles. The molecule has 1 aromatic carbocycles. The molecule has 0 aromatic heterocycles. The number of hydrogen-bond acceptors (Lipinski definition) is 2. The summed E-state index contributed by atoms with van der Waals surface area (Å²) in [6.07, 6.45) is 1.03. The van der Waals surface area contributed by atoms with Crippen molar-refractivity contribution in [1.82, 2.24) is 5.32 Å². The number of hydrogen-bond donors (Lipinski definition) is 1. The molecule has 90 valence electrons. The molecular weight excluding hydrogens is 212 g/mol. The van der Waals surface area contributed by atoms with E-state index in [2.05, 4.69) is 12.2 Å². The van der Waals surface area contributed by atoms with Crippen LogP contribution in [0.1, 0.15) is 20.3 Å². The Hall–Kier alpha value is -1.16. The molecule has 0 aliphatic carbocycles. The number of benzene rings is 1. The summed E-state index contributed by atoms with van der Waals surface area (Å²) in [6.45, 7) is 5.20. The van der Waals surface area contributed by atoms with Gasteiger partial charge in [-0.05, 0) is 32.0 Å². The van der Waals surface area contributed by atoms with Crippen molar-refractivity contribution < 1.29 is 13.5 Å². The van der Waals surface area contributed by atoms with Crippen molar-refractivity contribution in [2.45, 2.75) is 26.3 Å². The molecule has 1 aromatic rings. The largest absolute Gasteiger partial charge is 0.489 e. The van der Waals surface area contributed by atoms with Crippen molar-refractivity contribution in [3.63, 3.8) is 0 Å². The summed E-state index contributed by atoms with van der Waals surface area (Å²) in [5.41, 5.74) is 0. The Morgan fingerprint density at radius 1 is 1.38 bits per heavy atom.